The largest absolute Gasteiger partial charge is 0.336 e. The first kappa shape index (κ1) is 22.5. The van der Waals surface area contributed by atoms with E-state index in [2.05, 4.69) is 21.2 Å². The molecule has 3 rings (SSSR count). The van der Waals surface area contributed by atoms with Gasteiger partial charge >= 0.3 is 6.03 Å². The maximum Gasteiger partial charge on any atom is 0.325 e. The summed E-state index contributed by atoms with van der Waals surface area (Å²) in [6.45, 7) is 4.63. The van der Waals surface area contributed by atoms with Gasteiger partial charge in [0.15, 0.2) is 0 Å². The van der Waals surface area contributed by atoms with E-state index in [4.69, 9.17) is 0 Å². The Bertz CT molecular complexity index is 917. The van der Waals surface area contributed by atoms with Gasteiger partial charge in [-0.2, -0.15) is 0 Å². The summed E-state index contributed by atoms with van der Waals surface area (Å²) in [6, 6.07) is 12.7. The molecule has 0 aliphatic carbocycles. The Morgan fingerprint density at radius 1 is 1.17 bits per heavy atom. The van der Waals surface area contributed by atoms with Crippen molar-refractivity contribution in [3.63, 3.8) is 0 Å². The number of benzene rings is 1. The fourth-order valence-electron chi connectivity index (χ4n) is 3.68. The molecule has 4 amide bonds. The van der Waals surface area contributed by atoms with E-state index in [0.29, 0.717) is 19.5 Å². The average molecular weight is 492 g/mol. The van der Waals surface area contributed by atoms with Crippen LogP contribution >= 0.6 is 27.3 Å². The fraction of sp³-hybridized carbons (Fsp3) is 0.409. The first-order chi connectivity index (χ1) is 14.4. The van der Waals surface area contributed by atoms with Gasteiger partial charge in [-0.25, -0.2) is 4.79 Å². The molecule has 1 N–H and O–H groups in total. The van der Waals surface area contributed by atoms with E-state index in [1.54, 1.807) is 16.2 Å². The van der Waals surface area contributed by atoms with Crippen molar-refractivity contribution in [2.24, 2.45) is 0 Å². The minimum Gasteiger partial charge on any atom is -0.336 e. The topological polar surface area (TPSA) is 69.7 Å². The number of amides is 4. The highest BCUT2D eigenvalue weighted by atomic mass is 79.9. The molecule has 8 heteroatoms. The molecule has 1 aliphatic heterocycles. The van der Waals surface area contributed by atoms with Crippen LogP contribution in [0.2, 0.25) is 0 Å². The normalized spacial score (nSPS) is 18.6. The molecule has 1 aromatic heterocycles. The average Bonchev–Trinajstić information content (AvgIpc) is 3.27. The third kappa shape index (κ3) is 4.59. The van der Waals surface area contributed by atoms with Crippen LogP contribution in [0.25, 0.3) is 0 Å². The Kier molecular flexibility index (Phi) is 7.31. The molecule has 160 valence electrons. The van der Waals surface area contributed by atoms with Crippen LogP contribution in [0.15, 0.2) is 46.3 Å². The lowest BCUT2D eigenvalue weighted by Gasteiger charge is -2.28. The van der Waals surface area contributed by atoms with Gasteiger partial charge in [0, 0.05) is 11.4 Å². The van der Waals surface area contributed by atoms with Crippen molar-refractivity contribution in [2.45, 2.75) is 45.2 Å². The molecular formula is C22H26BrN3O3S. The van der Waals surface area contributed by atoms with Crippen LogP contribution in [0.1, 0.15) is 43.6 Å². The molecule has 1 atom stereocenters. The molecule has 0 saturated carbocycles. The highest BCUT2D eigenvalue weighted by Gasteiger charge is 2.52. The van der Waals surface area contributed by atoms with Crippen LogP contribution in [0, 0.1) is 0 Å². The van der Waals surface area contributed by atoms with Crippen molar-refractivity contribution in [3.8, 4) is 0 Å². The molecule has 2 heterocycles. The van der Waals surface area contributed by atoms with E-state index >= 15 is 0 Å². The number of urea groups is 1. The summed E-state index contributed by atoms with van der Waals surface area (Å²) in [4.78, 5) is 42.9. The molecule has 0 radical (unpaired) electrons. The van der Waals surface area contributed by atoms with Crippen molar-refractivity contribution in [2.75, 3.05) is 13.1 Å². The van der Waals surface area contributed by atoms with Crippen LogP contribution in [0.4, 0.5) is 4.79 Å². The number of nitrogens with one attached hydrogen (secondary N) is 1. The minimum absolute atomic E-state index is 0.245. The van der Waals surface area contributed by atoms with E-state index in [9.17, 15) is 14.4 Å². The SMILES string of the molecule is CCCCC1(c2ccccc2)NC(=O)N(CC(=O)N(CC)Cc2ccc(Br)s2)C1=O. The molecule has 2 aromatic rings. The number of rotatable bonds is 9. The quantitative estimate of drug-likeness (QED) is 0.525. The molecule has 1 saturated heterocycles. The Morgan fingerprint density at radius 2 is 1.90 bits per heavy atom. The predicted molar refractivity (Wildman–Crippen MR) is 121 cm³/mol. The van der Waals surface area contributed by atoms with Gasteiger partial charge in [0.1, 0.15) is 12.1 Å². The van der Waals surface area contributed by atoms with Crippen LogP contribution in [0.5, 0.6) is 0 Å². The zero-order valence-corrected chi connectivity index (χ0v) is 19.6. The molecule has 6 nitrogen and oxygen atoms in total. The van der Waals surface area contributed by atoms with E-state index in [1.165, 1.54) is 0 Å². The van der Waals surface area contributed by atoms with E-state index in [1.807, 2.05) is 56.3 Å². The summed E-state index contributed by atoms with van der Waals surface area (Å²) in [5, 5.41) is 2.90. The van der Waals surface area contributed by atoms with Gasteiger partial charge in [0.2, 0.25) is 5.91 Å². The summed E-state index contributed by atoms with van der Waals surface area (Å²) < 4.78 is 0.999. The number of likely N-dealkylation sites (N-methyl/N-ethyl adjacent to an activating group) is 1. The number of hydrogen-bond donors (Lipinski definition) is 1. The fourth-order valence-corrected chi connectivity index (χ4v) is 5.18. The predicted octanol–water partition coefficient (Wildman–Crippen LogP) is 4.50. The van der Waals surface area contributed by atoms with Crippen molar-refractivity contribution in [1.29, 1.82) is 0 Å². The van der Waals surface area contributed by atoms with E-state index < -0.39 is 11.6 Å². The van der Waals surface area contributed by atoms with Crippen LogP contribution in [-0.2, 0) is 21.7 Å². The lowest BCUT2D eigenvalue weighted by atomic mass is 9.85. The third-order valence-electron chi connectivity index (χ3n) is 5.35. The maximum atomic E-state index is 13.4. The lowest BCUT2D eigenvalue weighted by molar-refractivity contribution is -0.139. The van der Waals surface area contributed by atoms with E-state index in [0.717, 1.165) is 32.0 Å². The Balaban J connectivity index is 1.79. The molecule has 1 aliphatic rings. The van der Waals surface area contributed by atoms with Crippen molar-refractivity contribution >= 4 is 45.1 Å². The van der Waals surface area contributed by atoms with Crippen LogP contribution < -0.4 is 5.32 Å². The minimum atomic E-state index is -1.11. The summed E-state index contributed by atoms with van der Waals surface area (Å²) >= 11 is 4.99. The van der Waals surface area contributed by atoms with Crippen molar-refractivity contribution < 1.29 is 14.4 Å². The summed E-state index contributed by atoms with van der Waals surface area (Å²) in [7, 11) is 0. The highest BCUT2D eigenvalue weighted by Crippen LogP contribution is 2.34. The second-order valence-corrected chi connectivity index (χ2v) is 9.86. The number of imide groups is 1. The third-order valence-corrected chi connectivity index (χ3v) is 6.96. The number of carbonyl (C=O) groups excluding carboxylic acids is 3. The Hall–Kier alpha value is -2.19. The van der Waals surface area contributed by atoms with Gasteiger partial charge in [-0.3, -0.25) is 14.5 Å². The number of nitrogens with zero attached hydrogens (tertiary/aromatic N) is 2. The summed E-state index contributed by atoms with van der Waals surface area (Å²) in [5.41, 5.74) is -0.355. The number of unbranched alkanes of at least 4 members (excludes halogenated alkanes) is 1. The number of thiophene rings is 1. The first-order valence-corrected chi connectivity index (χ1v) is 11.7. The zero-order chi connectivity index (χ0) is 21.7. The van der Waals surface area contributed by atoms with Crippen molar-refractivity contribution in [1.82, 2.24) is 15.1 Å². The zero-order valence-electron chi connectivity index (χ0n) is 17.2. The molecule has 1 aromatic carbocycles. The molecule has 0 bridgehead atoms. The number of carbonyl (C=O) groups is 3. The second kappa shape index (κ2) is 9.75. The van der Waals surface area contributed by atoms with Crippen LogP contribution in [0.3, 0.4) is 0 Å². The molecule has 1 unspecified atom stereocenters. The van der Waals surface area contributed by atoms with E-state index in [-0.39, 0.29) is 18.4 Å². The van der Waals surface area contributed by atoms with Gasteiger partial charge in [0.05, 0.1) is 10.3 Å². The van der Waals surface area contributed by atoms with Crippen molar-refractivity contribution in [3.05, 3.63) is 56.7 Å². The summed E-state index contributed by atoms with van der Waals surface area (Å²) in [5.74, 6) is -0.597. The highest BCUT2D eigenvalue weighted by molar-refractivity contribution is 9.11. The Morgan fingerprint density at radius 3 is 2.50 bits per heavy atom. The number of hydrogen-bond acceptors (Lipinski definition) is 4. The second-order valence-electron chi connectivity index (χ2n) is 7.31. The van der Waals surface area contributed by atoms with Gasteiger partial charge in [-0.1, -0.05) is 50.1 Å². The smallest absolute Gasteiger partial charge is 0.325 e. The number of halogens is 1. The maximum absolute atomic E-state index is 13.4. The first-order valence-electron chi connectivity index (χ1n) is 10.1. The monoisotopic (exact) mass is 491 g/mol. The lowest BCUT2D eigenvalue weighted by Crippen LogP contribution is -2.45. The van der Waals surface area contributed by atoms with Gasteiger partial charge in [-0.15, -0.1) is 11.3 Å². The van der Waals surface area contributed by atoms with Gasteiger partial charge < -0.3 is 10.2 Å². The summed E-state index contributed by atoms with van der Waals surface area (Å²) in [6.07, 6.45) is 2.19. The molecule has 0 spiro atoms. The standard InChI is InChI=1S/C22H26BrN3O3S/c1-3-5-13-22(16-9-7-6-8-10-16)20(28)26(21(29)24-22)15-19(27)25(4-2)14-17-11-12-18(23)30-17/h6-12H,3-5,13-15H2,1-2H3,(H,24,29). The molecule has 1 fully saturated rings. The molecular weight excluding hydrogens is 466 g/mol. The van der Waals surface area contributed by atoms with Gasteiger partial charge in [-0.05, 0) is 47.0 Å². The Labute approximate surface area is 189 Å². The van der Waals surface area contributed by atoms with Gasteiger partial charge in [0.25, 0.3) is 5.91 Å². The molecule has 30 heavy (non-hydrogen) atoms. The van der Waals surface area contributed by atoms with Crippen LogP contribution in [-0.4, -0.2) is 40.7 Å².